The Hall–Kier alpha value is -2.95. The Morgan fingerprint density at radius 1 is 0.905 bits per heavy atom. The van der Waals surface area contributed by atoms with Crippen molar-refractivity contribution in [2.24, 2.45) is 0 Å². The predicted molar refractivity (Wildman–Crippen MR) is 76.8 cm³/mol. The summed E-state index contributed by atoms with van der Waals surface area (Å²) in [7, 11) is 0. The number of hydrogen-bond donors (Lipinski definition) is 1. The molecule has 0 saturated heterocycles. The molecule has 2 aromatic rings. The summed E-state index contributed by atoms with van der Waals surface area (Å²) in [5, 5.41) is 2.53. The van der Waals surface area contributed by atoms with Gasteiger partial charge in [0.1, 0.15) is 0 Å². The van der Waals surface area contributed by atoms with Crippen LogP contribution in [0.5, 0.6) is 0 Å². The summed E-state index contributed by atoms with van der Waals surface area (Å²) >= 11 is 0. The summed E-state index contributed by atoms with van der Waals surface area (Å²) in [6, 6.07) is 13.8. The SMILES string of the molecule is O=CNc1ccc(CN2C(=O)c3ccccc3C2=O)cc1. The van der Waals surface area contributed by atoms with Gasteiger partial charge in [-0.1, -0.05) is 24.3 Å². The largest absolute Gasteiger partial charge is 0.329 e. The Bertz CT molecular complexity index is 688. The smallest absolute Gasteiger partial charge is 0.261 e. The van der Waals surface area contributed by atoms with Gasteiger partial charge in [-0.15, -0.1) is 0 Å². The first-order valence-corrected chi connectivity index (χ1v) is 6.45. The fourth-order valence-corrected chi connectivity index (χ4v) is 2.34. The lowest BCUT2D eigenvalue weighted by atomic mass is 10.1. The van der Waals surface area contributed by atoms with Crippen molar-refractivity contribution in [2.75, 3.05) is 5.32 Å². The third-order valence-corrected chi connectivity index (χ3v) is 3.40. The van der Waals surface area contributed by atoms with E-state index in [1.54, 1.807) is 48.5 Å². The van der Waals surface area contributed by atoms with Gasteiger partial charge in [-0.25, -0.2) is 0 Å². The molecular formula is C16H12N2O3. The van der Waals surface area contributed by atoms with E-state index in [-0.39, 0.29) is 18.4 Å². The molecule has 3 amide bonds. The van der Waals surface area contributed by atoms with E-state index in [1.807, 2.05) is 0 Å². The zero-order valence-electron chi connectivity index (χ0n) is 11.1. The second-order valence-corrected chi connectivity index (χ2v) is 4.70. The first-order chi connectivity index (χ1) is 10.2. The van der Waals surface area contributed by atoms with E-state index in [4.69, 9.17) is 0 Å². The fraction of sp³-hybridized carbons (Fsp3) is 0.0625. The molecule has 0 radical (unpaired) electrons. The molecule has 1 N–H and O–H groups in total. The molecule has 5 heteroatoms. The topological polar surface area (TPSA) is 66.5 Å². The molecule has 0 aliphatic carbocycles. The van der Waals surface area contributed by atoms with Crippen LogP contribution >= 0.6 is 0 Å². The predicted octanol–water partition coefficient (Wildman–Crippen LogP) is 2.05. The minimum Gasteiger partial charge on any atom is -0.329 e. The van der Waals surface area contributed by atoms with Crippen molar-refractivity contribution in [3.05, 3.63) is 65.2 Å². The van der Waals surface area contributed by atoms with Crippen LogP contribution in [0.4, 0.5) is 5.69 Å². The number of benzene rings is 2. The van der Waals surface area contributed by atoms with Crippen molar-refractivity contribution in [3.8, 4) is 0 Å². The molecule has 1 aliphatic rings. The zero-order valence-corrected chi connectivity index (χ0v) is 11.1. The van der Waals surface area contributed by atoms with Crippen molar-refractivity contribution in [3.63, 3.8) is 0 Å². The third kappa shape index (κ3) is 2.29. The second-order valence-electron chi connectivity index (χ2n) is 4.70. The number of carbonyl (C=O) groups excluding carboxylic acids is 3. The number of rotatable bonds is 4. The van der Waals surface area contributed by atoms with Crippen LogP contribution in [0.15, 0.2) is 48.5 Å². The van der Waals surface area contributed by atoms with Gasteiger partial charge in [-0.05, 0) is 29.8 Å². The first-order valence-electron chi connectivity index (χ1n) is 6.45. The van der Waals surface area contributed by atoms with Crippen LogP contribution < -0.4 is 5.32 Å². The summed E-state index contributed by atoms with van der Waals surface area (Å²) in [6.07, 6.45) is 0.596. The van der Waals surface area contributed by atoms with Crippen molar-refractivity contribution in [1.82, 2.24) is 4.90 Å². The Labute approximate surface area is 121 Å². The molecule has 0 saturated carbocycles. The molecule has 104 valence electrons. The summed E-state index contributed by atoms with van der Waals surface area (Å²) < 4.78 is 0. The maximum Gasteiger partial charge on any atom is 0.261 e. The van der Waals surface area contributed by atoms with Crippen molar-refractivity contribution in [2.45, 2.75) is 6.54 Å². The van der Waals surface area contributed by atoms with Gasteiger partial charge in [0, 0.05) is 5.69 Å². The van der Waals surface area contributed by atoms with E-state index in [9.17, 15) is 14.4 Å². The number of amides is 3. The number of carbonyl (C=O) groups is 3. The average Bonchev–Trinajstić information content (AvgIpc) is 2.75. The number of fused-ring (bicyclic) bond motifs is 1. The van der Waals surface area contributed by atoms with Crippen LogP contribution in [0.1, 0.15) is 26.3 Å². The molecule has 0 unspecified atom stereocenters. The molecule has 0 aromatic heterocycles. The monoisotopic (exact) mass is 280 g/mol. The van der Waals surface area contributed by atoms with Gasteiger partial charge in [0.2, 0.25) is 6.41 Å². The Kier molecular flexibility index (Phi) is 3.23. The second kappa shape index (κ2) is 5.20. The molecule has 0 bridgehead atoms. The molecule has 5 nitrogen and oxygen atoms in total. The lowest BCUT2D eigenvalue weighted by Crippen LogP contribution is -2.29. The lowest BCUT2D eigenvalue weighted by Gasteiger charge is -2.14. The molecule has 0 atom stereocenters. The number of anilines is 1. The van der Waals surface area contributed by atoms with Crippen LogP contribution in [0.3, 0.4) is 0 Å². The van der Waals surface area contributed by atoms with E-state index >= 15 is 0 Å². The Morgan fingerprint density at radius 3 is 2.00 bits per heavy atom. The molecule has 1 heterocycles. The van der Waals surface area contributed by atoms with Gasteiger partial charge in [-0.2, -0.15) is 0 Å². The summed E-state index contributed by atoms with van der Waals surface area (Å²) in [6.45, 7) is 0.216. The zero-order chi connectivity index (χ0) is 14.8. The Balaban J connectivity index is 1.82. The molecule has 1 aliphatic heterocycles. The normalized spacial score (nSPS) is 13.2. The minimum absolute atomic E-state index is 0.216. The first kappa shape index (κ1) is 13.1. The number of nitrogens with zero attached hydrogens (tertiary/aromatic N) is 1. The van der Waals surface area contributed by atoms with Crippen LogP contribution in [-0.4, -0.2) is 23.1 Å². The van der Waals surface area contributed by atoms with Crippen LogP contribution in [0.25, 0.3) is 0 Å². The van der Waals surface area contributed by atoms with E-state index in [0.717, 1.165) is 5.56 Å². The highest BCUT2D eigenvalue weighted by Gasteiger charge is 2.34. The molecule has 0 spiro atoms. The fourth-order valence-electron chi connectivity index (χ4n) is 2.34. The van der Waals surface area contributed by atoms with E-state index in [1.165, 1.54) is 4.90 Å². The highest BCUT2D eigenvalue weighted by Crippen LogP contribution is 2.24. The summed E-state index contributed by atoms with van der Waals surface area (Å²) in [5.41, 5.74) is 2.38. The van der Waals surface area contributed by atoms with Crippen molar-refractivity contribution < 1.29 is 14.4 Å². The minimum atomic E-state index is -0.273. The quantitative estimate of drug-likeness (QED) is 0.688. The van der Waals surface area contributed by atoms with E-state index in [2.05, 4.69) is 5.32 Å². The molecule has 21 heavy (non-hydrogen) atoms. The maximum atomic E-state index is 12.2. The van der Waals surface area contributed by atoms with Gasteiger partial charge in [0.05, 0.1) is 17.7 Å². The van der Waals surface area contributed by atoms with Crippen LogP contribution in [0, 0.1) is 0 Å². The molecule has 3 rings (SSSR count). The molecular weight excluding hydrogens is 268 g/mol. The van der Waals surface area contributed by atoms with Crippen LogP contribution in [-0.2, 0) is 11.3 Å². The van der Waals surface area contributed by atoms with E-state index in [0.29, 0.717) is 23.2 Å². The summed E-state index contributed by atoms with van der Waals surface area (Å²) in [4.78, 5) is 36.0. The van der Waals surface area contributed by atoms with Gasteiger partial charge in [-0.3, -0.25) is 19.3 Å². The van der Waals surface area contributed by atoms with Crippen LogP contribution in [0.2, 0.25) is 0 Å². The standard InChI is InChI=1S/C16H12N2O3/c19-10-17-12-7-5-11(6-8-12)9-18-15(20)13-3-1-2-4-14(13)16(18)21/h1-8,10H,9H2,(H,17,19). The highest BCUT2D eigenvalue weighted by molar-refractivity contribution is 6.21. The Morgan fingerprint density at radius 2 is 1.48 bits per heavy atom. The van der Waals surface area contributed by atoms with Crippen molar-refractivity contribution in [1.29, 1.82) is 0 Å². The number of imide groups is 1. The average molecular weight is 280 g/mol. The molecule has 0 fully saturated rings. The van der Waals surface area contributed by atoms with Gasteiger partial charge in [0.15, 0.2) is 0 Å². The summed E-state index contributed by atoms with van der Waals surface area (Å²) in [5.74, 6) is -0.545. The third-order valence-electron chi connectivity index (χ3n) is 3.40. The number of hydrogen-bond acceptors (Lipinski definition) is 3. The van der Waals surface area contributed by atoms with E-state index < -0.39 is 0 Å². The van der Waals surface area contributed by atoms with Crippen molar-refractivity contribution >= 4 is 23.9 Å². The highest BCUT2D eigenvalue weighted by atomic mass is 16.2. The molecule has 2 aromatic carbocycles. The van der Waals surface area contributed by atoms with Gasteiger partial charge in [0.25, 0.3) is 11.8 Å². The maximum absolute atomic E-state index is 12.2. The number of nitrogens with one attached hydrogen (secondary N) is 1. The lowest BCUT2D eigenvalue weighted by molar-refractivity contribution is -0.105. The van der Waals surface area contributed by atoms with Gasteiger partial charge >= 0.3 is 0 Å². The van der Waals surface area contributed by atoms with Gasteiger partial charge < -0.3 is 5.32 Å².